The molecule has 1 fully saturated rings. The minimum Gasteiger partial charge on any atom is -0.490 e. The first kappa shape index (κ1) is 23.0. The number of fused-ring (bicyclic) bond motifs is 1. The molecule has 0 unspecified atom stereocenters. The molecule has 0 bridgehead atoms. The Kier molecular flexibility index (Phi) is 6.83. The third-order valence-electron chi connectivity index (χ3n) is 5.80. The van der Waals surface area contributed by atoms with Gasteiger partial charge in [0.05, 0.1) is 0 Å². The maximum Gasteiger partial charge on any atom is 0.296 e. The van der Waals surface area contributed by atoms with Crippen molar-refractivity contribution in [3.63, 3.8) is 0 Å². The lowest BCUT2D eigenvalue weighted by Crippen LogP contribution is -2.37. The van der Waals surface area contributed by atoms with E-state index in [1.165, 1.54) is 10.9 Å². The molecule has 0 radical (unpaired) electrons. The maximum atomic E-state index is 11.1. The van der Waals surface area contributed by atoms with Gasteiger partial charge in [-0.25, -0.2) is 5.14 Å². The van der Waals surface area contributed by atoms with Crippen LogP contribution < -0.4 is 20.3 Å². The van der Waals surface area contributed by atoms with Crippen molar-refractivity contribution in [2.24, 2.45) is 15.9 Å². The summed E-state index contributed by atoms with van der Waals surface area (Å²) in [6, 6.07) is 19.5. The molecule has 0 amide bonds. The summed E-state index contributed by atoms with van der Waals surface area (Å²) in [7, 11) is -2.08. The van der Waals surface area contributed by atoms with Gasteiger partial charge in [0.2, 0.25) is 0 Å². The molecule has 0 aliphatic carbocycles. The van der Waals surface area contributed by atoms with E-state index >= 15 is 0 Å². The van der Waals surface area contributed by atoms with Gasteiger partial charge in [-0.3, -0.25) is 14.6 Å². The van der Waals surface area contributed by atoms with Gasteiger partial charge < -0.3 is 10.5 Å². The zero-order valence-electron chi connectivity index (χ0n) is 18.6. The topological polar surface area (TPSA) is 123 Å². The Hall–Kier alpha value is -3.14. The number of aliphatic imine (C=N–C) groups is 1. The lowest BCUT2D eigenvalue weighted by atomic mass is 10.0. The van der Waals surface area contributed by atoms with Crippen LogP contribution in [0.3, 0.4) is 0 Å². The molecule has 0 atom stereocenters. The number of nitrogens with one attached hydrogen (secondary N) is 1. The average Bonchev–Trinajstić information content (AvgIpc) is 2.79. The quantitative estimate of drug-likeness (QED) is 0.364. The number of benzene rings is 3. The van der Waals surface area contributed by atoms with Crippen molar-refractivity contribution < 1.29 is 13.2 Å². The van der Waals surface area contributed by atoms with Crippen molar-refractivity contribution in [1.29, 1.82) is 0 Å². The van der Waals surface area contributed by atoms with Gasteiger partial charge in [0.1, 0.15) is 17.7 Å². The highest BCUT2D eigenvalue weighted by atomic mass is 32.2. The second-order valence-electron chi connectivity index (χ2n) is 8.27. The molecule has 1 aliphatic rings. The van der Waals surface area contributed by atoms with Crippen molar-refractivity contribution in [3.05, 3.63) is 71.8 Å². The third-order valence-corrected chi connectivity index (χ3v) is 6.32. The number of piperidine rings is 1. The highest BCUT2D eigenvalue weighted by Gasteiger charge is 2.21. The summed E-state index contributed by atoms with van der Waals surface area (Å²) in [6.07, 6.45) is 1.99. The van der Waals surface area contributed by atoms with Crippen LogP contribution in [0.2, 0.25) is 0 Å². The number of amidine groups is 1. The number of hydrogen-bond donors (Lipinski definition) is 3. The molecule has 1 heterocycles. The summed E-state index contributed by atoms with van der Waals surface area (Å²) in [5.41, 5.74) is 8.59. The van der Waals surface area contributed by atoms with Crippen LogP contribution in [0.4, 0.5) is 5.69 Å². The van der Waals surface area contributed by atoms with Gasteiger partial charge in [-0.05, 0) is 65.6 Å². The van der Waals surface area contributed by atoms with E-state index < -0.39 is 10.2 Å². The van der Waals surface area contributed by atoms with Crippen molar-refractivity contribution in [1.82, 2.24) is 4.90 Å². The number of nitrogens with two attached hydrogens (primary N) is 2. The number of anilines is 1. The zero-order chi connectivity index (χ0) is 23.4. The van der Waals surface area contributed by atoms with Crippen molar-refractivity contribution in [2.45, 2.75) is 25.5 Å². The van der Waals surface area contributed by atoms with Gasteiger partial charge >= 0.3 is 0 Å². The average molecular weight is 468 g/mol. The second kappa shape index (κ2) is 9.78. The highest BCUT2D eigenvalue weighted by molar-refractivity contribution is 7.90. The van der Waals surface area contributed by atoms with Gasteiger partial charge in [-0.2, -0.15) is 8.42 Å². The minimum absolute atomic E-state index is 0.133. The summed E-state index contributed by atoms with van der Waals surface area (Å²) in [4.78, 5) is 6.52. The van der Waals surface area contributed by atoms with Crippen LogP contribution in [0, 0.1) is 0 Å². The normalized spacial score (nSPS) is 16.1. The molecule has 0 spiro atoms. The fraction of sp³-hybridized carbons (Fsp3) is 0.292. The molecule has 174 valence electrons. The first-order valence-electron chi connectivity index (χ1n) is 10.8. The molecule has 9 heteroatoms. The number of ether oxygens (including phenoxy) is 1. The molecule has 8 nitrogen and oxygen atoms in total. The first-order chi connectivity index (χ1) is 15.8. The van der Waals surface area contributed by atoms with Gasteiger partial charge in [-0.15, -0.1) is 0 Å². The zero-order valence-corrected chi connectivity index (χ0v) is 19.4. The van der Waals surface area contributed by atoms with Gasteiger partial charge in [0.15, 0.2) is 0 Å². The maximum absolute atomic E-state index is 11.1. The summed E-state index contributed by atoms with van der Waals surface area (Å²) < 4.78 is 30.5. The first-order valence-corrected chi connectivity index (χ1v) is 12.4. The summed E-state index contributed by atoms with van der Waals surface area (Å²) in [5.74, 6) is 1.26. The molecule has 3 aromatic rings. The second-order valence-corrected chi connectivity index (χ2v) is 9.56. The van der Waals surface area contributed by atoms with Crippen LogP contribution in [0.1, 0.15) is 24.0 Å². The van der Waals surface area contributed by atoms with Gasteiger partial charge in [0.25, 0.3) is 10.2 Å². The van der Waals surface area contributed by atoms with Crippen molar-refractivity contribution >= 4 is 32.5 Å². The Bertz CT molecular complexity index is 1250. The number of hydrogen-bond acceptors (Lipinski definition) is 5. The number of rotatable bonds is 7. The van der Waals surface area contributed by atoms with E-state index in [0.29, 0.717) is 17.3 Å². The SMILES string of the molecule is CN=C(N)c1ccc2ccc(CN3CCC(Oc4ccc(NS(N)(=O)=O)cc4)CC3)cc2c1. The Morgan fingerprint density at radius 3 is 2.42 bits per heavy atom. The van der Waals surface area contributed by atoms with E-state index in [0.717, 1.165) is 43.4 Å². The van der Waals surface area contributed by atoms with Gasteiger partial charge in [-0.1, -0.05) is 24.3 Å². The highest BCUT2D eigenvalue weighted by Crippen LogP contribution is 2.23. The van der Waals surface area contributed by atoms with E-state index in [4.69, 9.17) is 15.6 Å². The summed E-state index contributed by atoms with van der Waals surface area (Å²) in [5, 5.41) is 7.34. The van der Waals surface area contributed by atoms with Crippen LogP contribution in [0.25, 0.3) is 10.8 Å². The standard InChI is InChI=1S/C24H29N5O3S/c1-27-24(25)19-5-4-18-3-2-17(14-20(18)15-19)16-29-12-10-23(11-13-29)32-22-8-6-21(7-9-22)28-33(26,30)31/h2-9,14-15,23,28H,10-13,16H2,1H3,(H2,25,27)(H2,26,30,31). The van der Waals surface area contributed by atoms with Crippen LogP contribution >= 0.6 is 0 Å². The molecule has 1 saturated heterocycles. The lowest BCUT2D eigenvalue weighted by molar-refractivity contribution is 0.0968. The Balaban J connectivity index is 1.32. The van der Waals surface area contributed by atoms with E-state index in [1.54, 1.807) is 31.3 Å². The van der Waals surface area contributed by atoms with E-state index in [1.807, 2.05) is 6.07 Å². The molecular weight excluding hydrogens is 438 g/mol. The third kappa shape index (κ3) is 6.22. The van der Waals surface area contributed by atoms with Crippen molar-refractivity contribution in [2.75, 3.05) is 24.9 Å². The Morgan fingerprint density at radius 2 is 1.76 bits per heavy atom. The van der Waals surface area contributed by atoms with Crippen LogP contribution in [0.15, 0.2) is 65.7 Å². The molecule has 0 aromatic heterocycles. The Labute approximate surface area is 194 Å². The Morgan fingerprint density at radius 1 is 1.06 bits per heavy atom. The van der Waals surface area contributed by atoms with E-state index in [2.05, 4.69) is 44.9 Å². The van der Waals surface area contributed by atoms with E-state index in [-0.39, 0.29) is 6.10 Å². The molecule has 3 aromatic carbocycles. The summed E-state index contributed by atoms with van der Waals surface area (Å²) >= 11 is 0. The van der Waals surface area contributed by atoms with Gasteiger partial charge in [0, 0.05) is 37.9 Å². The lowest BCUT2D eigenvalue weighted by Gasteiger charge is -2.32. The predicted octanol–water partition coefficient (Wildman–Crippen LogP) is 2.83. The number of likely N-dealkylation sites (tertiary alicyclic amines) is 1. The minimum atomic E-state index is -3.78. The number of nitrogens with zero attached hydrogens (tertiary/aromatic N) is 2. The van der Waals surface area contributed by atoms with Crippen LogP contribution in [0.5, 0.6) is 5.75 Å². The van der Waals surface area contributed by atoms with Crippen LogP contribution in [-0.4, -0.2) is 45.4 Å². The molecular formula is C24H29N5O3S. The molecule has 5 N–H and O–H groups in total. The van der Waals surface area contributed by atoms with Crippen LogP contribution in [-0.2, 0) is 16.8 Å². The predicted molar refractivity (Wildman–Crippen MR) is 133 cm³/mol. The van der Waals surface area contributed by atoms with E-state index in [9.17, 15) is 8.42 Å². The monoisotopic (exact) mass is 467 g/mol. The van der Waals surface area contributed by atoms with Crippen molar-refractivity contribution in [3.8, 4) is 5.75 Å². The summed E-state index contributed by atoms with van der Waals surface area (Å²) in [6.45, 7) is 2.78. The fourth-order valence-corrected chi connectivity index (χ4v) is 4.55. The largest absolute Gasteiger partial charge is 0.490 e. The molecule has 0 saturated carbocycles. The molecule has 1 aliphatic heterocycles. The molecule has 4 rings (SSSR count). The molecule has 33 heavy (non-hydrogen) atoms. The smallest absolute Gasteiger partial charge is 0.296 e. The fourth-order valence-electron chi connectivity index (χ4n) is 4.08.